The molecule has 2 N–H and O–H groups in total. The van der Waals surface area contributed by atoms with Crippen LogP contribution in [0.3, 0.4) is 0 Å². The molecular weight excluding hydrogens is 514 g/mol. The van der Waals surface area contributed by atoms with Gasteiger partial charge in [0.05, 0.1) is 0 Å². The van der Waals surface area contributed by atoms with E-state index in [2.05, 4.69) is 24.5 Å². The first kappa shape index (κ1) is 33.9. The van der Waals surface area contributed by atoms with Gasteiger partial charge in [-0.15, -0.1) is 0 Å². The van der Waals surface area contributed by atoms with Crippen molar-refractivity contribution in [1.29, 1.82) is 0 Å². The highest BCUT2D eigenvalue weighted by atomic mass is 16.6. The minimum atomic E-state index is -0.905. The molecule has 2 rings (SSSR count). The van der Waals surface area contributed by atoms with Crippen LogP contribution in [0.1, 0.15) is 102 Å². The number of rotatable bonds is 16. The number of hydrogen-bond acceptors (Lipinski definition) is 4. The smallest absolute Gasteiger partial charge is 0.408 e. The number of alkyl carbamates (subject to hydrolysis) is 1. The summed E-state index contributed by atoms with van der Waals surface area (Å²) in [5, 5.41) is 5.91. The summed E-state index contributed by atoms with van der Waals surface area (Å²) in [5.74, 6) is -0.500. The van der Waals surface area contributed by atoms with Crippen LogP contribution in [0.2, 0.25) is 0 Å². The van der Waals surface area contributed by atoms with Gasteiger partial charge in [-0.3, -0.25) is 9.59 Å². The number of carbonyl (C=O) groups is 3. The van der Waals surface area contributed by atoms with Gasteiger partial charge in [0.15, 0.2) is 0 Å². The molecule has 2 unspecified atom stereocenters. The van der Waals surface area contributed by atoms with Gasteiger partial charge in [0.2, 0.25) is 11.8 Å². The van der Waals surface area contributed by atoms with E-state index in [-0.39, 0.29) is 18.2 Å². The molecular formula is C34H51N3O4. The number of carbonyl (C=O) groups excluding carboxylic acids is 3. The van der Waals surface area contributed by atoms with Gasteiger partial charge in [0.1, 0.15) is 17.7 Å². The second kappa shape index (κ2) is 17.5. The molecule has 0 heterocycles. The Bertz CT molecular complexity index is 1080. The fourth-order valence-corrected chi connectivity index (χ4v) is 4.78. The van der Waals surface area contributed by atoms with Gasteiger partial charge in [-0.1, -0.05) is 101 Å². The zero-order chi connectivity index (χ0) is 30.3. The Balaban J connectivity index is 2.52. The maximum Gasteiger partial charge on any atom is 0.408 e. The number of ether oxygens (including phenoxy) is 1. The Labute approximate surface area is 247 Å². The molecule has 0 bridgehead atoms. The molecule has 2 atom stereocenters. The number of nitrogens with one attached hydrogen (secondary N) is 2. The first-order chi connectivity index (χ1) is 19.6. The molecule has 0 aromatic heterocycles. The van der Waals surface area contributed by atoms with Crippen LogP contribution < -0.4 is 10.6 Å². The van der Waals surface area contributed by atoms with Gasteiger partial charge >= 0.3 is 6.09 Å². The van der Waals surface area contributed by atoms with Crippen LogP contribution in [0.5, 0.6) is 0 Å². The molecule has 3 amide bonds. The summed E-state index contributed by atoms with van der Waals surface area (Å²) in [4.78, 5) is 42.9. The molecule has 0 saturated carbocycles. The van der Waals surface area contributed by atoms with E-state index in [9.17, 15) is 14.4 Å². The predicted octanol–water partition coefficient (Wildman–Crippen LogP) is 6.89. The van der Waals surface area contributed by atoms with Crippen molar-refractivity contribution in [2.45, 2.75) is 111 Å². The number of nitrogens with zero attached hydrogens (tertiary/aromatic N) is 1. The second-order valence-electron chi connectivity index (χ2n) is 11.7. The minimum Gasteiger partial charge on any atom is -0.444 e. The Morgan fingerprint density at radius 3 is 2.12 bits per heavy atom. The fourth-order valence-electron chi connectivity index (χ4n) is 4.78. The number of unbranched alkanes of at least 4 members (excludes halogenated alkanes) is 5. The second-order valence-corrected chi connectivity index (χ2v) is 11.7. The first-order valence-electron chi connectivity index (χ1n) is 15.2. The highest BCUT2D eigenvalue weighted by Gasteiger charge is 2.36. The molecule has 0 aliphatic rings. The third kappa shape index (κ3) is 12.0. The van der Waals surface area contributed by atoms with Crippen molar-refractivity contribution >= 4 is 17.9 Å². The van der Waals surface area contributed by atoms with E-state index in [0.29, 0.717) is 13.1 Å². The SMILES string of the molecule is CCCCCCCN(C(=O)C(Cc1ccccc1)NC(=O)OC(C)(C)C)C(C(=O)NCCCC)c1ccccc1C. The maximum absolute atomic E-state index is 14.5. The summed E-state index contributed by atoms with van der Waals surface area (Å²) in [7, 11) is 0. The standard InChI is InChI=1S/C34H51N3O4/c1-7-9-11-12-18-24-37(30(31(38)35-23-10-8-2)28-22-17-16-19-26(28)3)32(39)29(25-27-20-14-13-15-21-27)36-33(40)41-34(4,5)6/h13-17,19-22,29-30H,7-12,18,23-25H2,1-6H3,(H,35,38)(H,36,40). The Kier molecular flexibility index (Phi) is 14.4. The van der Waals surface area contributed by atoms with Gasteiger partial charge < -0.3 is 20.3 Å². The third-order valence-electron chi connectivity index (χ3n) is 6.93. The van der Waals surface area contributed by atoms with Crippen LogP contribution in [0, 0.1) is 6.92 Å². The molecule has 0 aliphatic heterocycles. The predicted molar refractivity (Wildman–Crippen MR) is 166 cm³/mol. The number of benzene rings is 2. The topological polar surface area (TPSA) is 87.7 Å². The van der Waals surface area contributed by atoms with E-state index in [1.807, 2.05) is 61.5 Å². The molecule has 7 nitrogen and oxygen atoms in total. The molecule has 0 radical (unpaired) electrons. The van der Waals surface area contributed by atoms with Gasteiger partial charge in [-0.2, -0.15) is 0 Å². The van der Waals surface area contributed by atoms with Crippen LogP contribution in [-0.2, 0) is 20.7 Å². The van der Waals surface area contributed by atoms with Gasteiger partial charge in [0.25, 0.3) is 0 Å². The summed E-state index contributed by atoms with van der Waals surface area (Å²) < 4.78 is 5.54. The monoisotopic (exact) mass is 565 g/mol. The lowest BCUT2D eigenvalue weighted by atomic mass is 9.96. The Morgan fingerprint density at radius 1 is 0.854 bits per heavy atom. The van der Waals surface area contributed by atoms with Crippen molar-refractivity contribution in [2.75, 3.05) is 13.1 Å². The van der Waals surface area contributed by atoms with Crippen LogP contribution >= 0.6 is 0 Å². The Hall–Kier alpha value is -3.35. The van der Waals surface area contributed by atoms with Gasteiger partial charge in [0, 0.05) is 19.5 Å². The van der Waals surface area contributed by atoms with Crippen LogP contribution in [0.25, 0.3) is 0 Å². The summed E-state index contributed by atoms with van der Waals surface area (Å²) in [6.45, 7) is 12.5. The van der Waals surface area contributed by atoms with Crippen molar-refractivity contribution in [3.8, 4) is 0 Å². The van der Waals surface area contributed by atoms with Gasteiger partial charge in [-0.25, -0.2) is 4.79 Å². The van der Waals surface area contributed by atoms with Crippen molar-refractivity contribution in [3.63, 3.8) is 0 Å². The Morgan fingerprint density at radius 2 is 1.49 bits per heavy atom. The van der Waals surface area contributed by atoms with E-state index < -0.39 is 23.8 Å². The van der Waals surface area contributed by atoms with Crippen molar-refractivity contribution in [2.24, 2.45) is 0 Å². The molecule has 0 spiro atoms. The highest BCUT2D eigenvalue weighted by Crippen LogP contribution is 2.27. The van der Waals surface area contributed by atoms with E-state index in [1.165, 1.54) is 0 Å². The fraction of sp³-hybridized carbons (Fsp3) is 0.559. The third-order valence-corrected chi connectivity index (χ3v) is 6.93. The molecule has 2 aromatic rings. The molecule has 7 heteroatoms. The molecule has 41 heavy (non-hydrogen) atoms. The van der Waals surface area contributed by atoms with E-state index in [4.69, 9.17) is 4.74 Å². The zero-order valence-corrected chi connectivity index (χ0v) is 26.0. The normalized spacial score (nSPS) is 12.7. The lowest BCUT2D eigenvalue weighted by Gasteiger charge is -2.35. The molecule has 0 fully saturated rings. The van der Waals surface area contributed by atoms with E-state index >= 15 is 0 Å². The van der Waals surface area contributed by atoms with Crippen molar-refractivity contribution in [3.05, 3.63) is 71.3 Å². The van der Waals surface area contributed by atoms with Gasteiger partial charge in [-0.05, 0) is 57.2 Å². The maximum atomic E-state index is 14.5. The molecule has 226 valence electrons. The zero-order valence-electron chi connectivity index (χ0n) is 26.0. The molecule has 0 aliphatic carbocycles. The molecule has 0 saturated heterocycles. The first-order valence-corrected chi connectivity index (χ1v) is 15.2. The van der Waals surface area contributed by atoms with Crippen LogP contribution in [0.4, 0.5) is 4.79 Å². The van der Waals surface area contributed by atoms with Crippen LogP contribution in [0.15, 0.2) is 54.6 Å². The average molecular weight is 566 g/mol. The largest absolute Gasteiger partial charge is 0.444 e. The summed E-state index contributed by atoms with van der Waals surface area (Å²) in [6.07, 6.45) is 6.47. The summed E-state index contributed by atoms with van der Waals surface area (Å²) in [5.41, 5.74) is 1.92. The quantitative estimate of drug-likeness (QED) is 0.217. The minimum absolute atomic E-state index is 0.203. The number of hydrogen-bond donors (Lipinski definition) is 2. The lowest BCUT2D eigenvalue weighted by Crippen LogP contribution is -2.54. The van der Waals surface area contributed by atoms with E-state index in [1.54, 1.807) is 25.7 Å². The van der Waals surface area contributed by atoms with Crippen molar-refractivity contribution < 1.29 is 19.1 Å². The summed E-state index contributed by atoms with van der Waals surface area (Å²) in [6, 6.07) is 15.6. The molecule has 2 aromatic carbocycles. The van der Waals surface area contributed by atoms with Crippen LogP contribution in [-0.4, -0.2) is 47.5 Å². The van der Waals surface area contributed by atoms with Crippen molar-refractivity contribution in [1.82, 2.24) is 15.5 Å². The highest BCUT2D eigenvalue weighted by molar-refractivity contribution is 5.92. The summed E-state index contributed by atoms with van der Waals surface area (Å²) >= 11 is 0. The van der Waals surface area contributed by atoms with E-state index in [0.717, 1.165) is 61.6 Å². The lowest BCUT2D eigenvalue weighted by molar-refractivity contribution is -0.142. The number of aryl methyl sites for hydroxylation is 1. The number of amides is 3. The average Bonchev–Trinajstić information content (AvgIpc) is 2.92.